The van der Waals surface area contributed by atoms with Crippen LogP contribution in [0.2, 0.25) is 0 Å². The van der Waals surface area contributed by atoms with Crippen LogP contribution < -0.4 is 20.2 Å². The monoisotopic (exact) mass is 373 g/mol. The van der Waals surface area contributed by atoms with Crippen molar-refractivity contribution in [2.45, 2.75) is 12.8 Å². The maximum absolute atomic E-state index is 12.8. The Morgan fingerprint density at radius 3 is 2.41 bits per heavy atom. The SMILES string of the molecule is COc1ccc(OC)c(/C=N\NC(=O)CCC(=O)Nc2ccc(F)cc2)c1. The Balaban J connectivity index is 1.81. The lowest BCUT2D eigenvalue weighted by atomic mass is 10.2. The van der Waals surface area contributed by atoms with Gasteiger partial charge < -0.3 is 14.8 Å². The molecule has 0 saturated heterocycles. The molecule has 8 heteroatoms. The Bertz CT molecular complexity index is 822. The minimum absolute atomic E-state index is 0.0266. The highest BCUT2D eigenvalue weighted by atomic mass is 19.1. The lowest BCUT2D eigenvalue weighted by molar-refractivity contribution is -0.124. The Hall–Kier alpha value is -3.42. The van der Waals surface area contributed by atoms with Crippen LogP contribution in [0.25, 0.3) is 0 Å². The Morgan fingerprint density at radius 1 is 1.04 bits per heavy atom. The summed E-state index contributed by atoms with van der Waals surface area (Å²) in [7, 11) is 3.07. The molecule has 0 fully saturated rings. The summed E-state index contributed by atoms with van der Waals surface area (Å²) in [4.78, 5) is 23.6. The normalized spacial score (nSPS) is 10.5. The van der Waals surface area contributed by atoms with Crippen LogP contribution in [0.3, 0.4) is 0 Å². The molecule has 27 heavy (non-hydrogen) atoms. The number of nitrogens with one attached hydrogen (secondary N) is 2. The summed E-state index contributed by atoms with van der Waals surface area (Å²) in [5.74, 6) is 0.0454. The van der Waals surface area contributed by atoms with Gasteiger partial charge >= 0.3 is 0 Å². The van der Waals surface area contributed by atoms with Gasteiger partial charge in [0.25, 0.3) is 0 Å². The van der Waals surface area contributed by atoms with Gasteiger partial charge in [0.05, 0.1) is 20.4 Å². The number of methoxy groups -OCH3 is 2. The van der Waals surface area contributed by atoms with Gasteiger partial charge in [-0.25, -0.2) is 9.82 Å². The van der Waals surface area contributed by atoms with Gasteiger partial charge in [0.1, 0.15) is 17.3 Å². The van der Waals surface area contributed by atoms with Gasteiger partial charge in [0, 0.05) is 24.1 Å². The molecular formula is C19H20FN3O4. The Kier molecular flexibility index (Phi) is 7.30. The van der Waals surface area contributed by atoms with Crippen LogP contribution in [0.5, 0.6) is 11.5 Å². The van der Waals surface area contributed by atoms with Crippen LogP contribution in [0.1, 0.15) is 18.4 Å². The highest BCUT2D eigenvalue weighted by Crippen LogP contribution is 2.22. The minimum atomic E-state index is -0.414. The van der Waals surface area contributed by atoms with Crippen LogP contribution in [0.15, 0.2) is 47.6 Å². The van der Waals surface area contributed by atoms with Crippen molar-refractivity contribution in [3.63, 3.8) is 0 Å². The van der Waals surface area contributed by atoms with E-state index in [0.29, 0.717) is 22.7 Å². The maximum Gasteiger partial charge on any atom is 0.240 e. The van der Waals surface area contributed by atoms with Crippen LogP contribution >= 0.6 is 0 Å². The molecule has 0 unspecified atom stereocenters. The number of halogens is 1. The van der Waals surface area contributed by atoms with Crippen molar-refractivity contribution >= 4 is 23.7 Å². The second-order valence-electron chi connectivity index (χ2n) is 5.46. The predicted octanol–water partition coefficient (Wildman–Crippen LogP) is 2.71. The van der Waals surface area contributed by atoms with E-state index in [4.69, 9.17) is 9.47 Å². The average molecular weight is 373 g/mol. The van der Waals surface area contributed by atoms with Crippen molar-refractivity contribution in [3.05, 3.63) is 53.8 Å². The topological polar surface area (TPSA) is 89.0 Å². The number of hydrogen-bond acceptors (Lipinski definition) is 5. The first-order chi connectivity index (χ1) is 13.0. The number of carbonyl (C=O) groups excluding carboxylic acids is 2. The number of hydrazone groups is 1. The zero-order valence-electron chi connectivity index (χ0n) is 15.0. The Morgan fingerprint density at radius 2 is 1.74 bits per heavy atom. The van der Waals surface area contributed by atoms with E-state index in [0.717, 1.165) is 0 Å². The predicted molar refractivity (Wildman–Crippen MR) is 99.5 cm³/mol. The number of hydrogen-bond donors (Lipinski definition) is 2. The third kappa shape index (κ3) is 6.43. The van der Waals surface area contributed by atoms with Gasteiger partial charge in [-0.15, -0.1) is 0 Å². The molecule has 0 aliphatic heterocycles. The molecule has 0 aliphatic carbocycles. The van der Waals surface area contributed by atoms with Gasteiger partial charge in [0.2, 0.25) is 11.8 Å². The van der Waals surface area contributed by atoms with Crippen LogP contribution in [0, 0.1) is 5.82 Å². The number of rotatable bonds is 8. The van der Waals surface area contributed by atoms with E-state index in [1.54, 1.807) is 25.3 Å². The fraction of sp³-hybridized carbons (Fsp3) is 0.211. The third-order valence-corrected chi connectivity index (χ3v) is 3.54. The van der Waals surface area contributed by atoms with Crippen molar-refractivity contribution in [2.24, 2.45) is 5.10 Å². The van der Waals surface area contributed by atoms with Gasteiger partial charge in [0.15, 0.2) is 0 Å². The molecule has 2 N–H and O–H groups in total. The third-order valence-electron chi connectivity index (χ3n) is 3.54. The van der Waals surface area contributed by atoms with E-state index in [1.807, 2.05) is 0 Å². The number of amides is 2. The van der Waals surface area contributed by atoms with Gasteiger partial charge in [-0.3, -0.25) is 9.59 Å². The number of carbonyl (C=O) groups is 2. The first-order valence-corrected chi connectivity index (χ1v) is 8.11. The molecule has 142 valence electrons. The highest BCUT2D eigenvalue weighted by Gasteiger charge is 2.07. The van der Waals surface area contributed by atoms with Crippen molar-refractivity contribution in [1.82, 2.24) is 5.43 Å². The first-order valence-electron chi connectivity index (χ1n) is 8.11. The fourth-order valence-electron chi connectivity index (χ4n) is 2.15. The van der Waals surface area contributed by atoms with E-state index in [1.165, 1.54) is 37.6 Å². The molecule has 2 aromatic carbocycles. The number of benzene rings is 2. The van der Waals surface area contributed by atoms with E-state index >= 15 is 0 Å². The summed E-state index contributed by atoms with van der Waals surface area (Å²) in [5.41, 5.74) is 3.44. The minimum Gasteiger partial charge on any atom is -0.497 e. The molecule has 0 bridgehead atoms. The zero-order chi connectivity index (χ0) is 19.6. The van der Waals surface area contributed by atoms with Crippen LogP contribution in [-0.4, -0.2) is 32.2 Å². The number of nitrogens with zero attached hydrogens (tertiary/aromatic N) is 1. The molecule has 0 radical (unpaired) electrons. The largest absolute Gasteiger partial charge is 0.497 e. The molecule has 2 rings (SSSR count). The molecule has 0 heterocycles. The summed E-state index contributed by atoms with van der Waals surface area (Å²) < 4.78 is 23.2. The summed E-state index contributed by atoms with van der Waals surface area (Å²) in [5, 5.41) is 6.44. The molecule has 2 aromatic rings. The molecule has 0 atom stereocenters. The summed E-state index contributed by atoms with van der Waals surface area (Å²) in [6.45, 7) is 0. The van der Waals surface area contributed by atoms with E-state index in [2.05, 4.69) is 15.8 Å². The maximum atomic E-state index is 12.8. The van der Waals surface area contributed by atoms with Gasteiger partial charge in [-0.05, 0) is 42.5 Å². The van der Waals surface area contributed by atoms with Crippen molar-refractivity contribution in [3.8, 4) is 11.5 Å². The molecule has 0 aliphatic rings. The van der Waals surface area contributed by atoms with Crippen LogP contribution in [-0.2, 0) is 9.59 Å². The second kappa shape index (κ2) is 9.91. The van der Waals surface area contributed by atoms with Crippen molar-refractivity contribution in [1.29, 1.82) is 0 Å². The number of anilines is 1. The molecule has 0 saturated carbocycles. The van der Waals surface area contributed by atoms with E-state index in [-0.39, 0.29) is 18.7 Å². The molecule has 7 nitrogen and oxygen atoms in total. The van der Waals surface area contributed by atoms with Gasteiger partial charge in [-0.1, -0.05) is 0 Å². The molecular weight excluding hydrogens is 353 g/mol. The Labute approximate surface area is 156 Å². The molecule has 0 aromatic heterocycles. The summed E-state index contributed by atoms with van der Waals surface area (Å²) in [6.07, 6.45) is 1.36. The quantitative estimate of drug-likeness (QED) is 0.550. The zero-order valence-corrected chi connectivity index (χ0v) is 15.0. The molecule has 2 amide bonds. The smallest absolute Gasteiger partial charge is 0.240 e. The fourth-order valence-corrected chi connectivity index (χ4v) is 2.15. The highest BCUT2D eigenvalue weighted by molar-refractivity contribution is 5.93. The van der Waals surface area contributed by atoms with Crippen molar-refractivity contribution < 1.29 is 23.5 Å². The lowest BCUT2D eigenvalue weighted by Gasteiger charge is -2.07. The number of ether oxygens (including phenoxy) is 2. The standard InChI is InChI=1S/C19H20FN3O4/c1-26-16-7-8-17(27-2)13(11-16)12-21-23-19(25)10-9-18(24)22-15-5-3-14(20)4-6-15/h3-8,11-12H,9-10H2,1-2H3,(H,22,24)(H,23,25)/b21-12-. The van der Waals surface area contributed by atoms with Crippen molar-refractivity contribution in [2.75, 3.05) is 19.5 Å². The van der Waals surface area contributed by atoms with Gasteiger partial charge in [-0.2, -0.15) is 5.10 Å². The summed E-state index contributed by atoms with van der Waals surface area (Å²) in [6, 6.07) is 10.5. The van der Waals surface area contributed by atoms with Crippen LogP contribution in [0.4, 0.5) is 10.1 Å². The second-order valence-corrected chi connectivity index (χ2v) is 5.46. The average Bonchev–Trinajstić information content (AvgIpc) is 2.68. The molecule has 0 spiro atoms. The first kappa shape index (κ1) is 19.9. The van der Waals surface area contributed by atoms with E-state index < -0.39 is 11.7 Å². The summed E-state index contributed by atoms with van der Waals surface area (Å²) >= 11 is 0. The lowest BCUT2D eigenvalue weighted by Crippen LogP contribution is -2.20. The van der Waals surface area contributed by atoms with E-state index in [9.17, 15) is 14.0 Å².